The highest BCUT2D eigenvalue weighted by atomic mass is 79.9. The normalized spacial score (nSPS) is 14.0. The summed E-state index contributed by atoms with van der Waals surface area (Å²) in [6.07, 6.45) is 0. The number of hydrogen-bond acceptors (Lipinski definition) is 2. The highest BCUT2D eigenvalue weighted by molar-refractivity contribution is 9.10. The third-order valence-electron chi connectivity index (χ3n) is 4.22. The minimum Gasteiger partial charge on any atom is -0.285 e. The van der Waals surface area contributed by atoms with E-state index in [-0.39, 0.29) is 23.4 Å². The van der Waals surface area contributed by atoms with E-state index in [0.717, 1.165) is 26.4 Å². The average Bonchev–Trinajstić information content (AvgIpc) is 2.67. The molecule has 2 nitrogen and oxygen atoms in total. The zero-order chi connectivity index (χ0) is 15.5. The molecule has 0 aromatic heterocycles. The standard InChI is InChI=1S/C18H17BrO2/c1-8(2)10-5-6-11-14-13(17(20)18(21)15(10)14)7-12(9(3)4)16(11)19/h5-9H,1-4H3. The lowest BCUT2D eigenvalue weighted by atomic mass is 9.91. The molecule has 3 heteroatoms. The quantitative estimate of drug-likeness (QED) is 0.699. The molecule has 108 valence electrons. The van der Waals surface area contributed by atoms with Crippen molar-refractivity contribution in [3.63, 3.8) is 0 Å². The van der Waals surface area contributed by atoms with Crippen molar-refractivity contribution in [1.82, 2.24) is 0 Å². The van der Waals surface area contributed by atoms with E-state index in [0.29, 0.717) is 11.1 Å². The number of halogens is 1. The van der Waals surface area contributed by atoms with E-state index in [1.807, 2.05) is 32.0 Å². The molecular formula is C18H17BrO2. The Morgan fingerprint density at radius 1 is 0.905 bits per heavy atom. The Bertz CT molecular complexity index is 801. The zero-order valence-electron chi connectivity index (χ0n) is 12.6. The number of carbonyl (C=O) groups is 2. The first-order valence-corrected chi connectivity index (χ1v) is 8.02. The van der Waals surface area contributed by atoms with Gasteiger partial charge in [0, 0.05) is 21.0 Å². The Balaban J connectivity index is 2.50. The van der Waals surface area contributed by atoms with Crippen molar-refractivity contribution in [2.24, 2.45) is 0 Å². The average molecular weight is 345 g/mol. The van der Waals surface area contributed by atoms with Crippen molar-refractivity contribution < 1.29 is 9.59 Å². The van der Waals surface area contributed by atoms with Crippen molar-refractivity contribution >= 4 is 38.3 Å². The number of benzene rings is 2. The second kappa shape index (κ2) is 4.77. The lowest BCUT2D eigenvalue weighted by molar-refractivity contribution is 0.0824. The van der Waals surface area contributed by atoms with Crippen molar-refractivity contribution in [1.29, 1.82) is 0 Å². The summed E-state index contributed by atoms with van der Waals surface area (Å²) >= 11 is 3.66. The van der Waals surface area contributed by atoms with Gasteiger partial charge >= 0.3 is 0 Å². The van der Waals surface area contributed by atoms with Crippen LogP contribution in [0, 0.1) is 0 Å². The summed E-state index contributed by atoms with van der Waals surface area (Å²) in [5.41, 5.74) is 3.21. The Labute approximate surface area is 132 Å². The maximum absolute atomic E-state index is 12.4. The minimum absolute atomic E-state index is 0.218. The van der Waals surface area contributed by atoms with Gasteiger partial charge in [0.2, 0.25) is 11.6 Å². The van der Waals surface area contributed by atoms with Crippen LogP contribution in [0.5, 0.6) is 0 Å². The van der Waals surface area contributed by atoms with Gasteiger partial charge in [-0.25, -0.2) is 0 Å². The number of carbonyl (C=O) groups excluding carboxylic acids is 2. The van der Waals surface area contributed by atoms with Crippen LogP contribution in [0.15, 0.2) is 22.7 Å². The van der Waals surface area contributed by atoms with E-state index < -0.39 is 0 Å². The molecule has 2 aromatic rings. The number of rotatable bonds is 2. The molecule has 0 fully saturated rings. The van der Waals surface area contributed by atoms with Gasteiger partial charge in [-0.2, -0.15) is 0 Å². The summed E-state index contributed by atoms with van der Waals surface area (Å²) in [6.45, 7) is 8.27. The summed E-state index contributed by atoms with van der Waals surface area (Å²) in [4.78, 5) is 24.8. The molecular weight excluding hydrogens is 328 g/mol. The molecule has 0 amide bonds. The molecule has 0 spiro atoms. The van der Waals surface area contributed by atoms with Crippen LogP contribution < -0.4 is 0 Å². The Morgan fingerprint density at radius 2 is 1.52 bits per heavy atom. The lowest BCUT2D eigenvalue weighted by Gasteiger charge is -2.15. The van der Waals surface area contributed by atoms with Gasteiger partial charge in [-0.15, -0.1) is 0 Å². The Kier molecular flexibility index (Phi) is 3.28. The van der Waals surface area contributed by atoms with Gasteiger partial charge < -0.3 is 0 Å². The molecule has 2 aromatic carbocycles. The fourth-order valence-corrected chi connectivity index (χ4v) is 3.99. The van der Waals surface area contributed by atoms with Gasteiger partial charge in [-0.05, 0) is 50.3 Å². The van der Waals surface area contributed by atoms with Crippen LogP contribution in [0.3, 0.4) is 0 Å². The SMILES string of the molecule is CC(C)c1cc2c3c(c(C(C)C)ccc3c1Br)C(=O)C2=O. The van der Waals surface area contributed by atoms with Gasteiger partial charge in [0.15, 0.2) is 0 Å². The molecule has 0 bridgehead atoms. The van der Waals surface area contributed by atoms with Crippen molar-refractivity contribution in [3.05, 3.63) is 44.9 Å². The number of hydrogen-bond donors (Lipinski definition) is 0. The van der Waals surface area contributed by atoms with Crippen molar-refractivity contribution in [2.45, 2.75) is 39.5 Å². The molecule has 0 aliphatic heterocycles. The third-order valence-corrected chi connectivity index (χ3v) is 5.10. The molecule has 21 heavy (non-hydrogen) atoms. The van der Waals surface area contributed by atoms with Gasteiger partial charge in [-0.3, -0.25) is 9.59 Å². The predicted octanol–water partition coefficient (Wildman–Crippen LogP) is 5.23. The fourth-order valence-electron chi connectivity index (χ4n) is 3.09. The fraction of sp³-hybridized carbons (Fsp3) is 0.333. The smallest absolute Gasteiger partial charge is 0.234 e. The van der Waals surface area contributed by atoms with E-state index in [1.165, 1.54) is 0 Å². The first kappa shape index (κ1) is 14.5. The largest absolute Gasteiger partial charge is 0.285 e. The van der Waals surface area contributed by atoms with Crippen molar-refractivity contribution in [2.75, 3.05) is 0 Å². The summed E-state index contributed by atoms with van der Waals surface area (Å²) in [6, 6.07) is 5.90. The van der Waals surface area contributed by atoms with Crippen LogP contribution in [0.4, 0.5) is 0 Å². The molecule has 1 aliphatic rings. The maximum atomic E-state index is 12.4. The predicted molar refractivity (Wildman–Crippen MR) is 88.5 cm³/mol. The van der Waals surface area contributed by atoms with E-state index in [2.05, 4.69) is 29.8 Å². The van der Waals surface area contributed by atoms with Crippen LogP contribution >= 0.6 is 15.9 Å². The third kappa shape index (κ3) is 1.90. The van der Waals surface area contributed by atoms with Gasteiger partial charge in [0.25, 0.3) is 0 Å². The Morgan fingerprint density at radius 3 is 2.10 bits per heavy atom. The molecule has 0 unspecified atom stereocenters. The second-order valence-electron chi connectivity index (χ2n) is 6.25. The zero-order valence-corrected chi connectivity index (χ0v) is 14.2. The molecule has 0 saturated heterocycles. The number of Topliss-reactive ketones (excluding diaryl/α,β-unsaturated/α-hetero) is 2. The van der Waals surface area contributed by atoms with E-state index in [9.17, 15) is 9.59 Å². The molecule has 1 aliphatic carbocycles. The topological polar surface area (TPSA) is 34.1 Å². The highest BCUT2D eigenvalue weighted by Gasteiger charge is 2.35. The first-order chi connectivity index (χ1) is 9.84. The molecule has 0 heterocycles. The Hall–Kier alpha value is -1.48. The van der Waals surface area contributed by atoms with Crippen LogP contribution in [0.2, 0.25) is 0 Å². The van der Waals surface area contributed by atoms with E-state index in [1.54, 1.807) is 0 Å². The summed E-state index contributed by atoms with van der Waals surface area (Å²) in [7, 11) is 0. The van der Waals surface area contributed by atoms with E-state index >= 15 is 0 Å². The summed E-state index contributed by atoms with van der Waals surface area (Å²) < 4.78 is 0.996. The minimum atomic E-state index is -0.363. The monoisotopic (exact) mass is 344 g/mol. The molecule has 0 N–H and O–H groups in total. The molecule has 0 saturated carbocycles. The molecule has 0 atom stereocenters. The number of ketones is 2. The summed E-state index contributed by atoms with van der Waals surface area (Å²) in [5, 5.41) is 1.79. The highest BCUT2D eigenvalue weighted by Crippen LogP contribution is 2.42. The van der Waals surface area contributed by atoms with Gasteiger partial charge in [0.05, 0.1) is 0 Å². The second-order valence-corrected chi connectivity index (χ2v) is 7.04. The lowest BCUT2D eigenvalue weighted by Crippen LogP contribution is -2.09. The van der Waals surface area contributed by atoms with Crippen molar-refractivity contribution in [3.8, 4) is 0 Å². The molecule has 0 radical (unpaired) electrons. The first-order valence-electron chi connectivity index (χ1n) is 7.22. The van der Waals surface area contributed by atoms with Crippen LogP contribution in [0.25, 0.3) is 10.8 Å². The summed E-state index contributed by atoms with van der Waals surface area (Å²) in [5.74, 6) is -0.211. The molecule has 3 rings (SSSR count). The van der Waals surface area contributed by atoms with Crippen LogP contribution in [0.1, 0.15) is 71.4 Å². The van der Waals surface area contributed by atoms with Gasteiger partial charge in [-0.1, -0.05) is 39.8 Å². The van der Waals surface area contributed by atoms with E-state index in [4.69, 9.17) is 0 Å². The van der Waals surface area contributed by atoms with Gasteiger partial charge in [0.1, 0.15) is 0 Å². The van der Waals surface area contributed by atoms with Crippen LogP contribution in [-0.2, 0) is 0 Å². The maximum Gasteiger partial charge on any atom is 0.234 e. The van der Waals surface area contributed by atoms with Crippen LogP contribution in [-0.4, -0.2) is 11.6 Å².